The lowest BCUT2D eigenvalue weighted by Crippen LogP contribution is -2.43. The fraction of sp³-hybridized carbons (Fsp3) is 0.692. The number of rotatable bonds is 6. The second-order valence-corrected chi connectivity index (χ2v) is 5.22. The molecule has 0 bridgehead atoms. The molecule has 0 aromatic carbocycles. The molecule has 0 saturated heterocycles. The molecular weight excluding hydrogens is 230 g/mol. The van der Waals surface area contributed by atoms with Crippen molar-refractivity contribution in [1.29, 1.82) is 0 Å². The van der Waals surface area contributed by atoms with Crippen LogP contribution in [-0.4, -0.2) is 27.4 Å². The minimum atomic E-state index is -0.807. The van der Waals surface area contributed by atoms with Crippen LogP contribution in [0.1, 0.15) is 31.2 Å². The molecule has 1 aromatic heterocycles. The molecule has 0 spiro atoms. The molecule has 1 unspecified atom stereocenters. The molecule has 1 aliphatic carbocycles. The average molecular weight is 251 g/mol. The van der Waals surface area contributed by atoms with E-state index in [0.29, 0.717) is 6.42 Å². The minimum absolute atomic E-state index is 0.194. The molecule has 2 rings (SSSR count). The highest BCUT2D eigenvalue weighted by atomic mass is 16.4. The molecule has 0 radical (unpaired) electrons. The van der Waals surface area contributed by atoms with Crippen molar-refractivity contribution in [2.24, 2.45) is 24.1 Å². The highest BCUT2D eigenvalue weighted by molar-refractivity contribution is 5.76. The van der Waals surface area contributed by atoms with Gasteiger partial charge in [0.1, 0.15) is 0 Å². The zero-order chi connectivity index (χ0) is 13.3. The summed E-state index contributed by atoms with van der Waals surface area (Å²) in [5.41, 5.74) is 6.93. The number of aliphatic carboxylic acids is 1. The van der Waals surface area contributed by atoms with Crippen LogP contribution in [0.15, 0.2) is 6.07 Å². The van der Waals surface area contributed by atoms with E-state index in [1.54, 1.807) is 4.68 Å². The molecule has 1 atom stereocenters. The predicted molar refractivity (Wildman–Crippen MR) is 68.1 cm³/mol. The standard InChI is InChI=1S/C13H21N3O2/c1-3-10-6-11(16(2)15-10)7-13(8-14,12(17)18)9-4-5-9/h6,9H,3-5,7-8,14H2,1-2H3,(H,17,18). The molecule has 100 valence electrons. The minimum Gasteiger partial charge on any atom is -0.481 e. The SMILES string of the molecule is CCc1cc(CC(CN)(C(=O)O)C2CC2)n(C)n1. The van der Waals surface area contributed by atoms with Crippen molar-refractivity contribution in [3.8, 4) is 0 Å². The van der Waals surface area contributed by atoms with Gasteiger partial charge in [-0.15, -0.1) is 0 Å². The van der Waals surface area contributed by atoms with Gasteiger partial charge in [-0.3, -0.25) is 9.48 Å². The number of aromatic nitrogens is 2. The molecule has 1 fully saturated rings. The first kappa shape index (κ1) is 13.1. The quantitative estimate of drug-likeness (QED) is 0.789. The second-order valence-electron chi connectivity index (χ2n) is 5.22. The van der Waals surface area contributed by atoms with Crippen LogP contribution in [0.2, 0.25) is 0 Å². The second kappa shape index (κ2) is 4.72. The zero-order valence-corrected chi connectivity index (χ0v) is 11.0. The summed E-state index contributed by atoms with van der Waals surface area (Å²) in [4.78, 5) is 11.6. The van der Waals surface area contributed by atoms with E-state index >= 15 is 0 Å². The number of nitrogens with zero attached hydrogens (tertiary/aromatic N) is 2. The van der Waals surface area contributed by atoms with Gasteiger partial charge in [0.2, 0.25) is 0 Å². The fourth-order valence-electron chi connectivity index (χ4n) is 2.59. The Balaban J connectivity index is 2.28. The lowest BCUT2D eigenvalue weighted by atomic mass is 9.78. The van der Waals surface area contributed by atoms with Crippen molar-refractivity contribution in [3.63, 3.8) is 0 Å². The number of aryl methyl sites for hydroxylation is 2. The van der Waals surface area contributed by atoms with E-state index < -0.39 is 11.4 Å². The first-order valence-corrected chi connectivity index (χ1v) is 6.48. The van der Waals surface area contributed by atoms with Gasteiger partial charge in [-0.25, -0.2) is 0 Å². The van der Waals surface area contributed by atoms with Crippen LogP contribution in [0.4, 0.5) is 0 Å². The van der Waals surface area contributed by atoms with Crippen molar-refractivity contribution in [1.82, 2.24) is 9.78 Å². The summed E-state index contributed by atoms with van der Waals surface area (Å²) in [5.74, 6) is -0.549. The van der Waals surface area contributed by atoms with E-state index in [4.69, 9.17) is 5.73 Å². The highest BCUT2D eigenvalue weighted by Crippen LogP contribution is 2.47. The normalized spacial score (nSPS) is 18.6. The van der Waals surface area contributed by atoms with Crippen LogP contribution in [-0.2, 0) is 24.7 Å². The van der Waals surface area contributed by atoms with Crippen molar-refractivity contribution in [2.45, 2.75) is 32.6 Å². The van der Waals surface area contributed by atoms with E-state index in [1.807, 2.05) is 20.0 Å². The predicted octanol–water partition coefficient (Wildman–Crippen LogP) is 0.965. The summed E-state index contributed by atoms with van der Waals surface area (Å²) in [5, 5.41) is 13.9. The number of carbonyl (C=O) groups is 1. The van der Waals surface area contributed by atoms with Crippen LogP contribution in [0.3, 0.4) is 0 Å². The van der Waals surface area contributed by atoms with E-state index in [-0.39, 0.29) is 12.5 Å². The van der Waals surface area contributed by atoms with Gasteiger partial charge >= 0.3 is 5.97 Å². The number of carboxylic acid groups (broad SMARTS) is 1. The third-order valence-electron chi connectivity index (χ3n) is 4.04. The van der Waals surface area contributed by atoms with Crippen molar-refractivity contribution in [3.05, 3.63) is 17.5 Å². The van der Waals surface area contributed by atoms with Gasteiger partial charge in [-0.05, 0) is 31.2 Å². The van der Waals surface area contributed by atoms with Crippen LogP contribution in [0.25, 0.3) is 0 Å². The molecule has 5 heteroatoms. The molecule has 1 aromatic rings. The molecule has 18 heavy (non-hydrogen) atoms. The van der Waals surface area contributed by atoms with Crippen LogP contribution in [0.5, 0.6) is 0 Å². The molecule has 1 heterocycles. The van der Waals surface area contributed by atoms with E-state index in [0.717, 1.165) is 30.7 Å². The van der Waals surface area contributed by atoms with Gasteiger partial charge < -0.3 is 10.8 Å². The topological polar surface area (TPSA) is 81.1 Å². The maximum absolute atomic E-state index is 11.6. The summed E-state index contributed by atoms with van der Waals surface area (Å²) < 4.78 is 1.79. The van der Waals surface area contributed by atoms with E-state index in [9.17, 15) is 9.90 Å². The number of carboxylic acids is 1. The Hall–Kier alpha value is -1.36. The van der Waals surface area contributed by atoms with Gasteiger partial charge in [-0.2, -0.15) is 5.10 Å². The van der Waals surface area contributed by atoms with Crippen LogP contribution < -0.4 is 5.73 Å². The number of hydrogen-bond donors (Lipinski definition) is 2. The Bertz CT molecular complexity index is 451. The molecule has 0 amide bonds. The van der Waals surface area contributed by atoms with Gasteiger partial charge in [0.25, 0.3) is 0 Å². The summed E-state index contributed by atoms with van der Waals surface area (Å²) in [6.07, 6.45) is 3.29. The summed E-state index contributed by atoms with van der Waals surface area (Å²) >= 11 is 0. The summed E-state index contributed by atoms with van der Waals surface area (Å²) in [6.45, 7) is 2.24. The van der Waals surface area contributed by atoms with Gasteiger partial charge in [0, 0.05) is 25.7 Å². The maximum atomic E-state index is 11.6. The lowest BCUT2D eigenvalue weighted by molar-refractivity contribution is -0.149. The van der Waals surface area contributed by atoms with Crippen LogP contribution in [0, 0.1) is 11.3 Å². The highest BCUT2D eigenvalue weighted by Gasteiger charge is 2.50. The first-order chi connectivity index (χ1) is 8.53. The average Bonchev–Trinajstić information content (AvgIpc) is 3.12. The molecule has 3 N–H and O–H groups in total. The Labute approximate surface area is 107 Å². The number of hydrogen-bond acceptors (Lipinski definition) is 3. The third-order valence-corrected chi connectivity index (χ3v) is 4.04. The smallest absolute Gasteiger partial charge is 0.311 e. The Morgan fingerprint density at radius 1 is 1.67 bits per heavy atom. The maximum Gasteiger partial charge on any atom is 0.311 e. The zero-order valence-electron chi connectivity index (χ0n) is 11.0. The van der Waals surface area contributed by atoms with E-state index in [1.165, 1.54) is 0 Å². The largest absolute Gasteiger partial charge is 0.481 e. The first-order valence-electron chi connectivity index (χ1n) is 6.48. The molecule has 0 aliphatic heterocycles. The number of nitrogens with two attached hydrogens (primary N) is 1. The van der Waals surface area contributed by atoms with Crippen molar-refractivity contribution in [2.75, 3.05) is 6.54 Å². The Kier molecular flexibility index (Phi) is 3.43. The van der Waals surface area contributed by atoms with Crippen molar-refractivity contribution >= 4 is 5.97 Å². The molecular formula is C13H21N3O2. The van der Waals surface area contributed by atoms with Crippen LogP contribution >= 0.6 is 0 Å². The van der Waals surface area contributed by atoms with Gasteiger partial charge in [0.15, 0.2) is 0 Å². The van der Waals surface area contributed by atoms with Gasteiger partial charge in [-0.1, -0.05) is 6.92 Å². The van der Waals surface area contributed by atoms with Crippen molar-refractivity contribution < 1.29 is 9.90 Å². The molecule has 1 saturated carbocycles. The summed E-state index contributed by atoms with van der Waals surface area (Å²) in [7, 11) is 1.87. The van der Waals surface area contributed by atoms with E-state index in [2.05, 4.69) is 5.10 Å². The Morgan fingerprint density at radius 2 is 2.33 bits per heavy atom. The Morgan fingerprint density at radius 3 is 2.72 bits per heavy atom. The molecule has 5 nitrogen and oxygen atoms in total. The van der Waals surface area contributed by atoms with Gasteiger partial charge in [0.05, 0.1) is 11.1 Å². The lowest BCUT2D eigenvalue weighted by Gasteiger charge is -2.27. The summed E-state index contributed by atoms with van der Waals surface area (Å²) in [6, 6.07) is 2.00. The fourth-order valence-corrected chi connectivity index (χ4v) is 2.59. The monoisotopic (exact) mass is 251 g/mol. The third kappa shape index (κ3) is 2.14. The molecule has 1 aliphatic rings.